The molecule has 24 heavy (non-hydrogen) atoms. The molecule has 6 heteroatoms. The summed E-state index contributed by atoms with van der Waals surface area (Å²) in [6.07, 6.45) is 1.39. The van der Waals surface area contributed by atoms with Gasteiger partial charge in [0.05, 0.1) is 17.9 Å². The van der Waals surface area contributed by atoms with Crippen molar-refractivity contribution in [3.63, 3.8) is 0 Å². The fraction of sp³-hybridized carbons (Fsp3) is 0.111. The predicted molar refractivity (Wildman–Crippen MR) is 99.1 cm³/mol. The number of carbonyl (C=O) groups excluding carboxylic acids is 1. The Morgan fingerprint density at radius 2 is 1.96 bits per heavy atom. The lowest BCUT2D eigenvalue weighted by Crippen LogP contribution is -2.21. The molecule has 0 fully saturated rings. The average molecular weight is 360 g/mol. The van der Waals surface area contributed by atoms with Gasteiger partial charge in [-0.1, -0.05) is 41.4 Å². The molecule has 1 amide bonds. The minimum atomic E-state index is -0.510. The van der Waals surface area contributed by atoms with E-state index in [2.05, 4.69) is 4.99 Å². The first-order valence-corrected chi connectivity index (χ1v) is 8.06. The van der Waals surface area contributed by atoms with Gasteiger partial charge < -0.3 is 10.6 Å². The molecule has 1 aliphatic rings. The first kappa shape index (κ1) is 16.6. The SMILES string of the molecule is CN1/C(=C\C(N)=O)CN=C(c2ccccc2Cl)c2cc(Cl)ccc21. The van der Waals surface area contributed by atoms with Crippen LogP contribution in [0.5, 0.6) is 0 Å². The smallest absolute Gasteiger partial charge is 0.243 e. The van der Waals surface area contributed by atoms with Gasteiger partial charge in [0.25, 0.3) is 0 Å². The van der Waals surface area contributed by atoms with E-state index in [1.165, 1.54) is 6.08 Å². The van der Waals surface area contributed by atoms with Gasteiger partial charge >= 0.3 is 0 Å². The van der Waals surface area contributed by atoms with Crippen molar-refractivity contribution in [1.82, 2.24) is 0 Å². The minimum absolute atomic E-state index is 0.312. The van der Waals surface area contributed by atoms with E-state index < -0.39 is 5.91 Å². The third-order valence-corrected chi connectivity index (χ3v) is 4.41. The summed E-state index contributed by atoms with van der Waals surface area (Å²) in [5.74, 6) is -0.510. The van der Waals surface area contributed by atoms with Crippen LogP contribution in [0.2, 0.25) is 10.0 Å². The lowest BCUT2D eigenvalue weighted by Gasteiger charge is -2.22. The largest absolute Gasteiger partial charge is 0.366 e. The van der Waals surface area contributed by atoms with Crippen LogP contribution in [0.4, 0.5) is 5.69 Å². The summed E-state index contributed by atoms with van der Waals surface area (Å²) < 4.78 is 0. The van der Waals surface area contributed by atoms with E-state index in [1.54, 1.807) is 6.07 Å². The van der Waals surface area contributed by atoms with Gasteiger partial charge in [-0.15, -0.1) is 0 Å². The van der Waals surface area contributed by atoms with Crippen molar-refractivity contribution in [2.75, 3.05) is 18.5 Å². The molecule has 0 aliphatic carbocycles. The molecule has 2 aromatic carbocycles. The summed E-state index contributed by atoms with van der Waals surface area (Å²) >= 11 is 12.6. The molecule has 0 saturated carbocycles. The molecule has 122 valence electrons. The van der Waals surface area contributed by atoms with Crippen LogP contribution in [0.25, 0.3) is 0 Å². The summed E-state index contributed by atoms with van der Waals surface area (Å²) in [6, 6.07) is 13.0. The Balaban J connectivity index is 2.25. The summed E-state index contributed by atoms with van der Waals surface area (Å²) in [5, 5.41) is 1.20. The first-order chi connectivity index (χ1) is 11.5. The number of nitrogens with zero attached hydrogens (tertiary/aromatic N) is 2. The van der Waals surface area contributed by atoms with Crippen molar-refractivity contribution in [3.8, 4) is 0 Å². The number of benzene rings is 2. The van der Waals surface area contributed by atoms with Crippen molar-refractivity contribution in [2.45, 2.75) is 0 Å². The number of halogens is 2. The molecule has 2 N–H and O–H groups in total. The highest BCUT2D eigenvalue weighted by Crippen LogP contribution is 2.32. The maximum Gasteiger partial charge on any atom is 0.243 e. The van der Waals surface area contributed by atoms with E-state index in [9.17, 15) is 4.79 Å². The molecule has 0 aromatic heterocycles. The van der Waals surface area contributed by atoms with Crippen molar-refractivity contribution >= 4 is 40.5 Å². The van der Waals surface area contributed by atoms with Crippen LogP contribution in [0.3, 0.4) is 0 Å². The molecule has 3 rings (SSSR count). The highest BCUT2D eigenvalue weighted by atomic mass is 35.5. The van der Waals surface area contributed by atoms with Gasteiger partial charge in [0.15, 0.2) is 0 Å². The van der Waals surface area contributed by atoms with Crippen molar-refractivity contribution in [1.29, 1.82) is 0 Å². The van der Waals surface area contributed by atoms with Crippen LogP contribution in [-0.4, -0.2) is 25.2 Å². The number of anilines is 1. The van der Waals surface area contributed by atoms with Crippen LogP contribution in [0.1, 0.15) is 11.1 Å². The number of hydrogen-bond acceptors (Lipinski definition) is 3. The third kappa shape index (κ3) is 3.16. The Morgan fingerprint density at radius 1 is 1.21 bits per heavy atom. The van der Waals surface area contributed by atoms with Crippen LogP contribution >= 0.6 is 23.2 Å². The number of benzodiazepines with no additional fused rings is 1. The quantitative estimate of drug-likeness (QED) is 0.831. The summed E-state index contributed by atoms with van der Waals surface area (Å²) in [7, 11) is 1.87. The lowest BCUT2D eigenvalue weighted by molar-refractivity contribution is -0.113. The summed E-state index contributed by atoms with van der Waals surface area (Å²) in [6.45, 7) is 0.312. The number of fused-ring (bicyclic) bond motifs is 1. The van der Waals surface area contributed by atoms with Gasteiger partial charge in [-0.05, 0) is 24.3 Å². The first-order valence-electron chi connectivity index (χ1n) is 7.30. The zero-order chi connectivity index (χ0) is 17.3. The predicted octanol–water partition coefficient (Wildman–Crippen LogP) is 3.65. The van der Waals surface area contributed by atoms with E-state index in [0.717, 1.165) is 22.5 Å². The van der Waals surface area contributed by atoms with Gasteiger partial charge in [-0.25, -0.2) is 0 Å². The Kier molecular flexibility index (Phi) is 4.60. The average Bonchev–Trinajstić information content (AvgIpc) is 2.66. The van der Waals surface area contributed by atoms with E-state index in [-0.39, 0.29) is 0 Å². The maximum atomic E-state index is 11.3. The van der Waals surface area contributed by atoms with Crippen LogP contribution < -0.4 is 10.6 Å². The number of rotatable bonds is 2. The van der Waals surface area contributed by atoms with Crippen LogP contribution in [0, 0.1) is 0 Å². The summed E-state index contributed by atoms with van der Waals surface area (Å²) in [4.78, 5) is 17.9. The zero-order valence-electron chi connectivity index (χ0n) is 13.0. The van der Waals surface area contributed by atoms with Gasteiger partial charge in [-0.2, -0.15) is 0 Å². The van der Waals surface area contributed by atoms with Crippen molar-refractivity contribution in [2.24, 2.45) is 10.7 Å². The van der Waals surface area contributed by atoms with Gasteiger partial charge in [0.2, 0.25) is 5.91 Å². The third-order valence-electron chi connectivity index (χ3n) is 3.84. The number of aliphatic imine (C=N–C) groups is 1. The lowest BCUT2D eigenvalue weighted by atomic mass is 10.00. The highest BCUT2D eigenvalue weighted by Gasteiger charge is 2.22. The summed E-state index contributed by atoms with van der Waals surface area (Å²) in [5.41, 5.74) is 9.30. The number of primary amides is 1. The Bertz CT molecular complexity index is 874. The molecule has 0 unspecified atom stereocenters. The molecule has 1 aliphatic heterocycles. The topological polar surface area (TPSA) is 58.7 Å². The number of hydrogen-bond donors (Lipinski definition) is 1. The fourth-order valence-corrected chi connectivity index (χ4v) is 3.08. The Labute approximate surface area is 150 Å². The second-order valence-corrected chi connectivity index (χ2v) is 6.25. The zero-order valence-corrected chi connectivity index (χ0v) is 14.5. The van der Waals surface area contributed by atoms with Crippen LogP contribution in [0.15, 0.2) is 59.2 Å². The van der Waals surface area contributed by atoms with Gasteiger partial charge in [-0.3, -0.25) is 9.79 Å². The second kappa shape index (κ2) is 6.67. The molecule has 0 saturated heterocycles. The molecule has 0 radical (unpaired) electrons. The van der Waals surface area contributed by atoms with E-state index >= 15 is 0 Å². The normalized spacial score (nSPS) is 15.7. The molecule has 4 nitrogen and oxygen atoms in total. The monoisotopic (exact) mass is 359 g/mol. The van der Waals surface area contributed by atoms with E-state index in [0.29, 0.717) is 22.3 Å². The molecule has 2 aromatic rings. The molecule has 1 heterocycles. The van der Waals surface area contributed by atoms with Gasteiger partial charge in [0, 0.05) is 40.0 Å². The molecule has 0 atom stereocenters. The van der Waals surface area contributed by atoms with Crippen molar-refractivity contribution < 1.29 is 4.79 Å². The Hall–Kier alpha value is -2.30. The molecule has 0 bridgehead atoms. The van der Waals surface area contributed by atoms with Gasteiger partial charge in [0.1, 0.15) is 0 Å². The highest BCUT2D eigenvalue weighted by molar-refractivity contribution is 6.36. The minimum Gasteiger partial charge on any atom is -0.366 e. The number of amides is 1. The number of nitrogens with two attached hydrogens (primary N) is 1. The van der Waals surface area contributed by atoms with E-state index in [4.69, 9.17) is 28.9 Å². The standard InChI is InChI=1S/C18H15Cl2N3O/c1-23-12(9-17(21)24)10-22-18(13-4-2-3-5-15(13)20)14-8-11(19)6-7-16(14)23/h2-9H,10H2,1H3,(H2,21,24)/b12-9-. The molecular formula is C18H15Cl2N3O. The molecule has 0 spiro atoms. The van der Waals surface area contributed by atoms with E-state index in [1.807, 2.05) is 48.3 Å². The molecular weight excluding hydrogens is 345 g/mol. The number of likely N-dealkylation sites (N-methyl/N-ethyl adjacent to an activating group) is 1. The maximum absolute atomic E-state index is 11.3. The Morgan fingerprint density at radius 3 is 2.67 bits per heavy atom. The van der Waals surface area contributed by atoms with Crippen LogP contribution in [-0.2, 0) is 4.79 Å². The van der Waals surface area contributed by atoms with Crippen molar-refractivity contribution in [3.05, 3.63) is 75.4 Å². The second-order valence-electron chi connectivity index (χ2n) is 5.40. The number of carbonyl (C=O) groups is 1. The fourth-order valence-electron chi connectivity index (χ4n) is 2.69.